The molecule has 0 saturated carbocycles. The average molecular weight is 329 g/mol. The number of carbonyl (C=O) groups is 1. The molecule has 2 atom stereocenters. The summed E-state index contributed by atoms with van der Waals surface area (Å²) in [7, 11) is 1.72. The van der Waals surface area contributed by atoms with Gasteiger partial charge in [-0.2, -0.15) is 10.1 Å². The van der Waals surface area contributed by atoms with Crippen LogP contribution in [0.1, 0.15) is 36.7 Å². The third kappa shape index (κ3) is 3.41. The Balaban J connectivity index is 1.64. The fourth-order valence-corrected chi connectivity index (χ4v) is 3.12. The molecule has 0 radical (unpaired) electrons. The van der Waals surface area contributed by atoms with Gasteiger partial charge in [0, 0.05) is 13.6 Å². The zero-order chi connectivity index (χ0) is 17.1. The summed E-state index contributed by atoms with van der Waals surface area (Å²) in [6.07, 6.45) is 1.73. The van der Waals surface area contributed by atoms with Gasteiger partial charge in [-0.3, -0.25) is 4.79 Å². The van der Waals surface area contributed by atoms with Gasteiger partial charge < -0.3 is 15.7 Å². The summed E-state index contributed by atoms with van der Waals surface area (Å²) in [4.78, 5) is 18.5. The number of aliphatic hydroxyl groups excluding tert-OH is 1. The Bertz CT molecular complexity index is 681. The van der Waals surface area contributed by atoms with E-state index in [1.807, 2.05) is 30.3 Å². The molecule has 0 aliphatic carbocycles. The highest BCUT2D eigenvalue weighted by Gasteiger charge is 2.35. The van der Waals surface area contributed by atoms with E-state index in [0.717, 1.165) is 18.4 Å². The zero-order valence-corrected chi connectivity index (χ0v) is 13.8. The first kappa shape index (κ1) is 16.4. The quantitative estimate of drug-likeness (QED) is 0.855. The van der Waals surface area contributed by atoms with Gasteiger partial charge in [0.25, 0.3) is 5.91 Å². The Morgan fingerprint density at radius 2 is 2.17 bits per heavy atom. The predicted molar refractivity (Wildman–Crippen MR) is 89.9 cm³/mol. The second kappa shape index (κ2) is 7.00. The van der Waals surface area contributed by atoms with Crippen molar-refractivity contribution in [2.45, 2.75) is 37.8 Å². The Morgan fingerprint density at radius 3 is 2.83 bits per heavy atom. The largest absolute Gasteiger partial charge is 0.383 e. The van der Waals surface area contributed by atoms with E-state index in [2.05, 4.69) is 10.1 Å². The minimum Gasteiger partial charge on any atom is -0.383 e. The van der Waals surface area contributed by atoms with Crippen molar-refractivity contribution in [1.29, 1.82) is 0 Å². The van der Waals surface area contributed by atoms with Crippen molar-refractivity contribution in [3.8, 4) is 0 Å². The van der Waals surface area contributed by atoms with Gasteiger partial charge in [0.05, 0.1) is 6.04 Å². The molecule has 1 amide bonds. The van der Waals surface area contributed by atoms with Crippen molar-refractivity contribution < 1.29 is 9.90 Å². The second-order valence-electron chi connectivity index (χ2n) is 6.18. The third-order valence-corrected chi connectivity index (χ3v) is 4.48. The maximum Gasteiger partial charge on any atom is 0.252 e. The van der Waals surface area contributed by atoms with Gasteiger partial charge >= 0.3 is 0 Å². The van der Waals surface area contributed by atoms with Gasteiger partial charge in [-0.25, -0.2) is 4.68 Å². The number of benzene rings is 1. The van der Waals surface area contributed by atoms with Crippen molar-refractivity contribution in [3.63, 3.8) is 0 Å². The average Bonchev–Trinajstić information content (AvgIpc) is 3.20. The molecule has 3 N–H and O–H groups in total. The molecule has 1 saturated heterocycles. The Labute approximate surface area is 141 Å². The van der Waals surface area contributed by atoms with Crippen molar-refractivity contribution in [1.82, 2.24) is 19.7 Å². The van der Waals surface area contributed by atoms with E-state index < -0.39 is 6.10 Å². The molecule has 1 aromatic carbocycles. The van der Waals surface area contributed by atoms with E-state index >= 15 is 0 Å². The van der Waals surface area contributed by atoms with Crippen LogP contribution in [0.5, 0.6) is 0 Å². The Kier molecular flexibility index (Phi) is 4.80. The lowest BCUT2D eigenvalue weighted by Crippen LogP contribution is -2.39. The summed E-state index contributed by atoms with van der Waals surface area (Å²) in [6, 6.07) is 9.65. The van der Waals surface area contributed by atoms with E-state index in [1.165, 1.54) is 4.68 Å². The second-order valence-corrected chi connectivity index (χ2v) is 6.18. The minimum absolute atomic E-state index is 0.202. The molecular formula is C17H23N5O2. The summed E-state index contributed by atoms with van der Waals surface area (Å²) in [5.41, 5.74) is 6.85. The number of nitrogens with two attached hydrogens (primary N) is 1. The van der Waals surface area contributed by atoms with Crippen LogP contribution >= 0.6 is 0 Å². The predicted octanol–water partition coefficient (Wildman–Crippen LogP) is 1.05. The number of anilines is 1. The lowest BCUT2D eigenvalue weighted by atomic mass is 10.1. The molecule has 2 aromatic rings. The first-order valence-electron chi connectivity index (χ1n) is 8.25. The number of nitrogens with zero attached hydrogens (tertiary/aromatic N) is 4. The maximum absolute atomic E-state index is 12.6. The van der Waals surface area contributed by atoms with Crippen LogP contribution in [0.4, 0.5) is 5.95 Å². The van der Waals surface area contributed by atoms with Crippen molar-refractivity contribution in [2.24, 2.45) is 7.05 Å². The molecule has 1 fully saturated rings. The number of nitrogen functional groups attached to an aromatic ring is 1. The maximum atomic E-state index is 12.6. The molecule has 0 bridgehead atoms. The standard InChI is InChI=1S/C17H23N5O2/c1-21-17(18)19-15(20-21)13-8-5-11-22(13)16(24)14(23)10-9-12-6-3-2-4-7-12/h2-4,6-7,13-14,23H,5,8-11H2,1H3,(H2,18,19,20). The smallest absolute Gasteiger partial charge is 0.252 e. The molecule has 3 rings (SSSR count). The Hall–Kier alpha value is -2.41. The zero-order valence-electron chi connectivity index (χ0n) is 13.8. The lowest BCUT2D eigenvalue weighted by Gasteiger charge is -2.25. The van der Waals surface area contributed by atoms with Gasteiger partial charge in [0.1, 0.15) is 6.10 Å². The van der Waals surface area contributed by atoms with E-state index in [-0.39, 0.29) is 11.9 Å². The number of hydrogen-bond donors (Lipinski definition) is 2. The highest BCUT2D eigenvalue weighted by atomic mass is 16.3. The highest BCUT2D eigenvalue weighted by Crippen LogP contribution is 2.31. The summed E-state index contributed by atoms with van der Waals surface area (Å²) >= 11 is 0. The molecule has 128 valence electrons. The van der Waals surface area contributed by atoms with Crippen LogP contribution in [0, 0.1) is 0 Å². The first-order chi connectivity index (χ1) is 11.6. The van der Waals surface area contributed by atoms with Gasteiger partial charge in [0.2, 0.25) is 5.95 Å². The lowest BCUT2D eigenvalue weighted by molar-refractivity contribution is -0.141. The number of aryl methyl sites for hydroxylation is 2. The van der Waals surface area contributed by atoms with Gasteiger partial charge in [0.15, 0.2) is 5.82 Å². The van der Waals surface area contributed by atoms with E-state index in [1.54, 1.807) is 11.9 Å². The number of carbonyl (C=O) groups excluding carboxylic acids is 1. The van der Waals surface area contributed by atoms with Crippen molar-refractivity contribution >= 4 is 11.9 Å². The van der Waals surface area contributed by atoms with Crippen LogP contribution in [0.3, 0.4) is 0 Å². The van der Waals surface area contributed by atoms with Crippen molar-refractivity contribution in [2.75, 3.05) is 12.3 Å². The number of likely N-dealkylation sites (tertiary alicyclic amines) is 1. The summed E-state index contributed by atoms with van der Waals surface area (Å²) in [6.45, 7) is 0.615. The number of aromatic nitrogens is 3. The third-order valence-electron chi connectivity index (χ3n) is 4.48. The highest BCUT2D eigenvalue weighted by molar-refractivity contribution is 5.81. The molecule has 7 nitrogen and oxygen atoms in total. The fourth-order valence-electron chi connectivity index (χ4n) is 3.12. The molecule has 1 aromatic heterocycles. The fraction of sp³-hybridized carbons (Fsp3) is 0.471. The number of aliphatic hydroxyl groups is 1. The van der Waals surface area contributed by atoms with Crippen LogP contribution in [0.15, 0.2) is 30.3 Å². The molecule has 24 heavy (non-hydrogen) atoms. The van der Waals surface area contributed by atoms with Crippen molar-refractivity contribution in [3.05, 3.63) is 41.7 Å². The molecule has 2 heterocycles. The first-order valence-corrected chi connectivity index (χ1v) is 8.25. The monoisotopic (exact) mass is 329 g/mol. The number of rotatable bonds is 5. The molecular weight excluding hydrogens is 306 g/mol. The van der Waals surface area contributed by atoms with Gasteiger partial charge in [-0.15, -0.1) is 0 Å². The Morgan fingerprint density at radius 1 is 1.42 bits per heavy atom. The SMILES string of the molecule is Cn1nc(C2CCCN2C(=O)C(O)CCc2ccccc2)nc1N. The molecule has 1 aliphatic heterocycles. The summed E-state index contributed by atoms with van der Waals surface area (Å²) < 4.78 is 1.50. The molecule has 2 unspecified atom stereocenters. The van der Waals surface area contributed by atoms with Crippen LogP contribution in [0.25, 0.3) is 0 Å². The van der Waals surface area contributed by atoms with E-state index in [0.29, 0.717) is 31.2 Å². The minimum atomic E-state index is -1.01. The molecule has 7 heteroatoms. The molecule has 1 aliphatic rings. The topological polar surface area (TPSA) is 97.3 Å². The number of amides is 1. The summed E-state index contributed by atoms with van der Waals surface area (Å²) in [5, 5.41) is 14.6. The normalized spacial score (nSPS) is 18.8. The van der Waals surface area contributed by atoms with Gasteiger partial charge in [-0.05, 0) is 31.2 Å². The van der Waals surface area contributed by atoms with Gasteiger partial charge in [-0.1, -0.05) is 30.3 Å². The summed E-state index contributed by atoms with van der Waals surface area (Å²) in [5.74, 6) is 0.629. The van der Waals surface area contributed by atoms with Crippen LogP contribution in [-0.2, 0) is 18.3 Å². The van der Waals surface area contributed by atoms with E-state index in [9.17, 15) is 9.90 Å². The van der Waals surface area contributed by atoms with Crippen LogP contribution < -0.4 is 5.73 Å². The van der Waals surface area contributed by atoms with E-state index in [4.69, 9.17) is 5.73 Å². The van der Waals surface area contributed by atoms with Crippen LogP contribution in [0.2, 0.25) is 0 Å². The number of hydrogen-bond acceptors (Lipinski definition) is 5. The van der Waals surface area contributed by atoms with Crippen LogP contribution in [-0.4, -0.2) is 43.3 Å². The molecule has 0 spiro atoms.